The Bertz CT molecular complexity index is 326. The molecule has 0 spiro atoms. The number of nitrogens with one attached hydrogen (secondary N) is 1. The third kappa shape index (κ3) is 4.84. The number of hydrogen-bond acceptors (Lipinski definition) is 3. The van der Waals surface area contributed by atoms with Crippen molar-refractivity contribution in [3.05, 3.63) is 24.5 Å². The Kier molecular flexibility index (Phi) is 3.48. The van der Waals surface area contributed by atoms with Gasteiger partial charge in [-0.15, -0.1) is 0 Å². The van der Waals surface area contributed by atoms with E-state index in [4.69, 9.17) is 0 Å². The second kappa shape index (κ2) is 4.63. The Hall–Kier alpha value is -1.79. The maximum Gasteiger partial charge on any atom is 0.422 e. The molecular formula is C8H7F3N2O2. The van der Waals surface area contributed by atoms with Crippen molar-refractivity contribution in [1.82, 2.24) is 4.98 Å². The lowest BCUT2D eigenvalue weighted by molar-refractivity contribution is -0.159. The molecule has 1 aromatic heterocycles. The lowest BCUT2D eigenvalue weighted by atomic mass is 10.4. The van der Waals surface area contributed by atoms with E-state index in [9.17, 15) is 18.0 Å². The first kappa shape index (κ1) is 11.3. The van der Waals surface area contributed by atoms with Crippen LogP contribution >= 0.6 is 0 Å². The number of rotatable bonds is 2. The Balaban J connectivity index is 2.38. The molecule has 82 valence electrons. The van der Waals surface area contributed by atoms with Gasteiger partial charge in [-0.2, -0.15) is 13.2 Å². The van der Waals surface area contributed by atoms with Crippen LogP contribution in [-0.4, -0.2) is 23.9 Å². The zero-order valence-corrected chi connectivity index (χ0v) is 7.41. The average molecular weight is 220 g/mol. The van der Waals surface area contributed by atoms with E-state index < -0.39 is 18.9 Å². The molecule has 1 rings (SSSR count). The summed E-state index contributed by atoms with van der Waals surface area (Å²) >= 11 is 0. The lowest BCUT2D eigenvalue weighted by Crippen LogP contribution is -2.23. The second-order valence-corrected chi connectivity index (χ2v) is 2.56. The molecule has 1 amide bonds. The van der Waals surface area contributed by atoms with Crippen LogP contribution in [0.3, 0.4) is 0 Å². The van der Waals surface area contributed by atoms with Gasteiger partial charge in [0.05, 0.1) is 11.9 Å². The summed E-state index contributed by atoms with van der Waals surface area (Å²) < 4.78 is 38.8. The summed E-state index contributed by atoms with van der Waals surface area (Å²) in [6.07, 6.45) is -2.94. The standard InChI is InChI=1S/C8H7F3N2O2/c9-8(10,11)5-15-7(14)13-6-2-1-3-12-4-6/h1-4H,5H2,(H,13,14). The van der Waals surface area contributed by atoms with Crippen LogP contribution in [0.15, 0.2) is 24.5 Å². The fourth-order valence-electron chi connectivity index (χ4n) is 0.738. The number of carbonyl (C=O) groups excluding carboxylic acids is 1. The molecule has 0 atom stereocenters. The molecule has 0 radical (unpaired) electrons. The number of halogens is 3. The van der Waals surface area contributed by atoms with Gasteiger partial charge in [-0.05, 0) is 12.1 Å². The quantitative estimate of drug-likeness (QED) is 0.831. The lowest BCUT2D eigenvalue weighted by Gasteiger charge is -2.08. The molecule has 0 unspecified atom stereocenters. The Morgan fingerprint density at radius 3 is 2.80 bits per heavy atom. The van der Waals surface area contributed by atoms with Gasteiger partial charge in [0.15, 0.2) is 6.61 Å². The zero-order chi connectivity index (χ0) is 11.3. The first-order valence-electron chi connectivity index (χ1n) is 3.88. The highest BCUT2D eigenvalue weighted by Gasteiger charge is 2.29. The fourth-order valence-corrected chi connectivity index (χ4v) is 0.738. The molecule has 0 aliphatic heterocycles. The van der Waals surface area contributed by atoms with Crippen LogP contribution in [-0.2, 0) is 4.74 Å². The van der Waals surface area contributed by atoms with Crippen LogP contribution in [0.5, 0.6) is 0 Å². The zero-order valence-electron chi connectivity index (χ0n) is 7.41. The van der Waals surface area contributed by atoms with Crippen LogP contribution in [0, 0.1) is 0 Å². The molecule has 0 aliphatic carbocycles. The Labute approximate surface area is 83.1 Å². The van der Waals surface area contributed by atoms with E-state index in [1.165, 1.54) is 24.5 Å². The van der Waals surface area contributed by atoms with Crippen molar-refractivity contribution < 1.29 is 22.7 Å². The summed E-state index contributed by atoms with van der Waals surface area (Å²) in [5.41, 5.74) is 0.268. The molecule has 0 saturated heterocycles. The SMILES string of the molecule is O=C(Nc1cccnc1)OCC(F)(F)F. The van der Waals surface area contributed by atoms with Crippen molar-refractivity contribution >= 4 is 11.8 Å². The van der Waals surface area contributed by atoms with Crippen molar-refractivity contribution in [2.75, 3.05) is 11.9 Å². The molecule has 1 heterocycles. The average Bonchev–Trinajstić information content (AvgIpc) is 2.15. The van der Waals surface area contributed by atoms with Crippen molar-refractivity contribution in [2.45, 2.75) is 6.18 Å². The van der Waals surface area contributed by atoms with E-state index in [2.05, 4.69) is 15.0 Å². The Morgan fingerprint density at radius 1 is 1.53 bits per heavy atom. The highest BCUT2D eigenvalue weighted by atomic mass is 19.4. The first-order valence-corrected chi connectivity index (χ1v) is 3.88. The highest BCUT2D eigenvalue weighted by Crippen LogP contribution is 2.14. The molecule has 0 fully saturated rings. The van der Waals surface area contributed by atoms with Gasteiger partial charge in [-0.25, -0.2) is 4.79 Å². The van der Waals surface area contributed by atoms with Gasteiger partial charge in [0.1, 0.15) is 0 Å². The number of alkyl halides is 3. The van der Waals surface area contributed by atoms with Crippen LogP contribution in [0.25, 0.3) is 0 Å². The summed E-state index contributed by atoms with van der Waals surface area (Å²) in [6.45, 7) is -1.61. The van der Waals surface area contributed by atoms with Gasteiger partial charge >= 0.3 is 12.3 Å². The fraction of sp³-hybridized carbons (Fsp3) is 0.250. The molecular weight excluding hydrogens is 213 g/mol. The summed E-state index contributed by atoms with van der Waals surface area (Å²) in [4.78, 5) is 14.5. The van der Waals surface area contributed by atoms with Crippen molar-refractivity contribution in [2.24, 2.45) is 0 Å². The molecule has 0 bridgehead atoms. The minimum atomic E-state index is -4.52. The predicted molar refractivity (Wildman–Crippen MR) is 45.3 cm³/mol. The van der Waals surface area contributed by atoms with E-state index >= 15 is 0 Å². The third-order valence-electron chi connectivity index (χ3n) is 1.27. The molecule has 0 saturated carbocycles. The largest absolute Gasteiger partial charge is 0.440 e. The van der Waals surface area contributed by atoms with E-state index in [0.717, 1.165) is 0 Å². The molecule has 1 aromatic rings. The first-order chi connectivity index (χ1) is 6.97. The van der Waals surface area contributed by atoms with Gasteiger partial charge in [0.25, 0.3) is 0 Å². The van der Waals surface area contributed by atoms with Gasteiger partial charge in [0.2, 0.25) is 0 Å². The van der Waals surface area contributed by atoms with Crippen LogP contribution in [0.1, 0.15) is 0 Å². The third-order valence-corrected chi connectivity index (χ3v) is 1.27. The van der Waals surface area contributed by atoms with Crippen molar-refractivity contribution in [1.29, 1.82) is 0 Å². The summed E-state index contributed by atoms with van der Waals surface area (Å²) in [7, 11) is 0. The number of pyridine rings is 1. The smallest absolute Gasteiger partial charge is 0.422 e. The minimum Gasteiger partial charge on any atom is -0.440 e. The van der Waals surface area contributed by atoms with Gasteiger partial charge < -0.3 is 4.74 Å². The predicted octanol–water partition coefficient (Wildman–Crippen LogP) is 2.19. The molecule has 15 heavy (non-hydrogen) atoms. The number of hydrogen-bond donors (Lipinski definition) is 1. The maximum absolute atomic E-state index is 11.6. The molecule has 0 aromatic carbocycles. The monoisotopic (exact) mass is 220 g/mol. The number of carbonyl (C=O) groups is 1. The molecule has 4 nitrogen and oxygen atoms in total. The topological polar surface area (TPSA) is 51.2 Å². The number of amides is 1. The van der Waals surface area contributed by atoms with E-state index in [-0.39, 0.29) is 5.69 Å². The van der Waals surface area contributed by atoms with Gasteiger partial charge in [-0.3, -0.25) is 10.3 Å². The number of nitrogens with zero attached hydrogens (tertiary/aromatic N) is 1. The number of aromatic nitrogens is 1. The van der Waals surface area contributed by atoms with Gasteiger partial charge in [0, 0.05) is 6.20 Å². The second-order valence-electron chi connectivity index (χ2n) is 2.56. The summed E-state index contributed by atoms with van der Waals surface area (Å²) in [5, 5.41) is 2.09. The van der Waals surface area contributed by atoms with Gasteiger partial charge in [-0.1, -0.05) is 0 Å². The normalized spacial score (nSPS) is 10.9. The highest BCUT2D eigenvalue weighted by molar-refractivity contribution is 5.84. The summed E-state index contributed by atoms with van der Waals surface area (Å²) in [5.74, 6) is 0. The number of anilines is 1. The van der Waals surface area contributed by atoms with E-state index in [1.807, 2.05) is 0 Å². The van der Waals surface area contributed by atoms with Crippen LogP contribution < -0.4 is 5.32 Å². The minimum absolute atomic E-state index is 0.268. The van der Waals surface area contributed by atoms with Crippen LogP contribution in [0.4, 0.5) is 23.7 Å². The molecule has 0 aliphatic rings. The van der Waals surface area contributed by atoms with E-state index in [1.54, 1.807) is 0 Å². The van der Waals surface area contributed by atoms with Crippen molar-refractivity contribution in [3.8, 4) is 0 Å². The van der Waals surface area contributed by atoms with Crippen LogP contribution in [0.2, 0.25) is 0 Å². The molecule has 1 N–H and O–H groups in total. The maximum atomic E-state index is 11.6. The number of ether oxygens (including phenoxy) is 1. The molecule has 7 heteroatoms. The van der Waals surface area contributed by atoms with Crippen molar-refractivity contribution in [3.63, 3.8) is 0 Å². The Morgan fingerprint density at radius 2 is 2.27 bits per heavy atom. The van der Waals surface area contributed by atoms with E-state index in [0.29, 0.717) is 0 Å². The summed E-state index contributed by atoms with van der Waals surface area (Å²) in [6, 6.07) is 3.00.